The van der Waals surface area contributed by atoms with E-state index in [-0.39, 0.29) is 6.03 Å². The second-order valence-corrected chi connectivity index (χ2v) is 6.33. The number of carbonyl (C=O) groups excluding carboxylic acids is 1. The van der Waals surface area contributed by atoms with Crippen molar-refractivity contribution in [2.24, 2.45) is 0 Å². The molecular formula is C20H25N3O2. The molecule has 1 aliphatic heterocycles. The molecular weight excluding hydrogens is 314 g/mol. The second-order valence-electron chi connectivity index (χ2n) is 6.33. The van der Waals surface area contributed by atoms with Crippen LogP contribution in [0.4, 0.5) is 10.5 Å². The number of urea groups is 1. The van der Waals surface area contributed by atoms with E-state index >= 15 is 0 Å². The van der Waals surface area contributed by atoms with Crippen molar-refractivity contribution in [1.29, 1.82) is 0 Å². The number of nitrogens with one attached hydrogen (secondary N) is 2. The SMILES string of the molecule is COc1ccc(CNC(=O)NCCN2c3ccccc3CC2C)cc1. The molecule has 2 amide bonds. The minimum absolute atomic E-state index is 0.143. The summed E-state index contributed by atoms with van der Waals surface area (Å²) in [6, 6.07) is 16.5. The summed E-state index contributed by atoms with van der Waals surface area (Å²) < 4.78 is 5.13. The molecule has 5 nitrogen and oxygen atoms in total. The molecule has 3 rings (SSSR count). The Morgan fingerprint density at radius 1 is 1.16 bits per heavy atom. The number of benzene rings is 2. The van der Waals surface area contributed by atoms with E-state index in [1.54, 1.807) is 7.11 Å². The van der Waals surface area contributed by atoms with Crippen molar-refractivity contribution in [3.05, 3.63) is 59.7 Å². The number of para-hydroxylation sites is 1. The number of anilines is 1. The van der Waals surface area contributed by atoms with Gasteiger partial charge in [-0.25, -0.2) is 4.79 Å². The first kappa shape index (κ1) is 17.1. The molecule has 0 fully saturated rings. The lowest BCUT2D eigenvalue weighted by molar-refractivity contribution is 0.240. The largest absolute Gasteiger partial charge is 0.497 e. The van der Waals surface area contributed by atoms with Crippen molar-refractivity contribution < 1.29 is 9.53 Å². The van der Waals surface area contributed by atoms with Gasteiger partial charge in [-0.1, -0.05) is 30.3 Å². The minimum atomic E-state index is -0.143. The van der Waals surface area contributed by atoms with Gasteiger partial charge in [0.1, 0.15) is 5.75 Å². The quantitative estimate of drug-likeness (QED) is 0.851. The fourth-order valence-corrected chi connectivity index (χ4v) is 3.25. The van der Waals surface area contributed by atoms with Crippen LogP contribution >= 0.6 is 0 Å². The second kappa shape index (κ2) is 7.92. The maximum atomic E-state index is 12.0. The van der Waals surface area contributed by atoms with Crippen molar-refractivity contribution in [3.63, 3.8) is 0 Å². The highest BCUT2D eigenvalue weighted by Gasteiger charge is 2.24. The first-order chi connectivity index (χ1) is 12.2. The maximum Gasteiger partial charge on any atom is 0.315 e. The Hall–Kier alpha value is -2.69. The number of hydrogen-bond donors (Lipinski definition) is 2. The van der Waals surface area contributed by atoms with E-state index in [0.29, 0.717) is 19.1 Å². The third kappa shape index (κ3) is 4.24. The van der Waals surface area contributed by atoms with E-state index in [4.69, 9.17) is 4.74 Å². The molecule has 0 saturated carbocycles. The van der Waals surface area contributed by atoms with Gasteiger partial charge in [-0.3, -0.25) is 0 Å². The zero-order valence-corrected chi connectivity index (χ0v) is 14.8. The molecule has 1 unspecified atom stereocenters. The number of methoxy groups -OCH3 is 1. The lowest BCUT2D eigenvalue weighted by Crippen LogP contribution is -2.41. The smallest absolute Gasteiger partial charge is 0.315 e. The molecule has 0 saturated heterocycles. The standard InChI is InChI=1S/C20H25N3O2/c1-15-13-17-5-3-4-6-19(17)23(15)12-11-21-20(24)22-14-16-7-9-18(25-2)10-8-16/h3-10,15H,11-14H2,1-2H3,(H2,21,22,24). The number of carbonyl (C=O) groups is 1. The van der Waals surface area contributed by atoms with Gasteiger partial charge in [0.25, 0.3) is 0 Å². The molecule has 0 bridgehead atoms. The van der Waals surface area contributed by atoms with Crippen molar-refractivity contribution in [3.8, 4) is 5.75 Å². The summed E-state index contributed by atoms with van der Waals surface area (Å²) in [4.78, 5) is 14.3. The molecule has 1 heterocycles. The number of amides is 2. The normalized spacial score (nSPS) is 15.6. The van der Waals surface area contributed by atoms with E-state index in [2.05, 4.69) is 46.7 Å². The number of rotatable bonds is 6. The Morgan fingerprint density at radius 3 is 2.68 bits per heavy atom. The summed E-state index contributed by atoms with van der Waals surface area (Å²) in [5.74, 6) is 0.813. The van der Waals surface area contributed by atoms with E-state index in [1.165, 1.54) is 11.3 Å². The van der Waals surface area contributed by atoms with Gasteiger partial charge in [-0.2, -0.15) is 0 Å². The third-order valence-electron chi connectivity index (χ3n) is 4.60. The van der Waals surface area contributed by atoms with E-state index in [9.17, 15) is 4.79 Å². The fraction of sp³-hybridized carbons (Fsp3) is 0.350. The van der Waals surface area contributed by atoms with Gasteiger partial charge in [0, 0.05) is 31.4 Å². The summed E-state index contributed by atoms with van der Waals surface area (Å²) in [6.45, 7) is 4.16. The molecule has 25 heavy (non-hydrogen) atoms. The lowest BCUT2D eigenvalue weighted by atomic mass is 10.1. The summed E-state index contributed by atoms with van der Waals surface area (Å²) in [6.07, 6.45) is 1.07. The van der Waals surface area contributed by atoms with Crippen molar-refractivity contribution in [2.45, 2.75) is 25.9 Å². The van der Waals surface area contributed by atoms with E-state index in [0.717, 1.165) is 24.3 Å². The maximum absolute atomic E-state index is 12.0. The molecule has 0 aromatic heterocycles. The van der Waals surface area contributed by atoms with Crippen LogP contribution in [0.25, 0.3) is 0 Å². The van der Waals surface area contributed by atoms with Crippen LogP contribution in [0, 0.1) is 0 Å². The molecule has 132 valence electrons. The Balaban J connectivity index is 1.42. The van der Waals surface area contributed by atoms with Crippen molar-refractivity contribution in [2.75, 3.05) is 25.1 Å². The number of fused-ring (bicyclic) bond motifs is 1. The number of hydrogen-bond acceptors (Lipinski definition) is 3. The van der Waals surface area contributed by atoms with Gasteiger partial charge in [-0.15, -0.1) is 0 Å². The molecule has 0 spiro atoms. The van der Waals surface area contributed by atoms with Crippen LogP contribution in [-0.4, -0.2) is 32.3 Å². The zero-order valence-electron chi connectivity index (χ0n) is 14.8. The fourth-order valence-electron chi connectivity index (χ4n) is 3.25. The lowest BCUT2D eigenvalue weighted by Gasteiger charge is -2.25. The average Bonchev–Trinajstić information content (AvgIpc) is 2.96. The van der Waals surface area contributed by atoms with Crippen LogP contribution < -0.4 is 20.3 Å². The summed E-state index contributed by atoms with van der Waals surface area (Å²) in [5, 5.41) is 5.82. The Kier molecular flexibility index (Phi) is 5.43. The Morgan fingerprint density at radius 2 is 1.92 bits per heavy atom. The molecule has 5 heteroatoms. The van der Waals surface area contributed by atoms with Crippen LogP contribution in [0.1, 0.15) is 18.1 Å². The number of ether oxygens (including phenoxy) is 1. The first-order valence-electron chi connectivity index (χ1n) is 8.66. The van der Waals surface area contributed by atoms with Crippen LogP contribution in [0.15, 0.2) is 48.5 Å². The monoisotopic (exact) mass is 339 g/mol. The summed E-state index contributed by atoms with van der Waals surface area (Å²) >= 11 is 0. The van der Waals surface area contributed by atoms with Gasteiger partial charge in [0.05, 0.1) is 7.11 Å². The van der Waals surface area contributed by atoms with E-state index in [1.807, 2.05) is 24.3 Å². The van der Waals surface area contributed by atoms with Crippen molar-refractivity contribution >= 4 is 11.7 Å². The topological polar surface area (TPSA) is 53.6 Å². The van der Waals surface area contributed by atoms with Gasteiger partial charge >= 0.3 is 6.03 Å². The molecule has 0 aliphatic carbocycles. The van der Waals surface area contributed by atoms with Crippen LogP contribution in [0.3, 0.4) is 0 Å². The van der Waals surface area contributed by atoms with Crippen LogP contribution in [0.2, 0.25) is 0 Å². The molecule has 2 N–H and O–H groups in total. The highest BCUT2D eigenvalue weighted by atomic mass is 16.5. The number of nitrogens with zero attached hydrogens (tertiary/aromatic N) is 1. The Labute approximate surface area is 149 Å². The van der Waals surface area contributed by atoms with Gasteiger partial charge in [-0.05, 0) is 42.7 Å². The van der Waals surface area contributed by atoms with Gasteiger partial charge in [0.2, 0.25) is 0 Å². The van der Waals surface area contributed by atoms with Gasteiger partial charge in [0.15, 0.2) is 0 Å². The average molecular weight is 339 g/mol. The predicted molar refractivity (Wildman–Crippen MR) is 100 cm³/mol. The van der Waals surface area contributed by atoms with Crippen molar-refractivity contribution in [1.82, 2.24) is 10.6 Å². The third-order valence-corrected chi connectivity index (χ3v) is 4.60. The molecule has 2 aromatic carbocycles. The summed E-state index contributed by atoms with van der Waals surface area (Å²) in [7, 11) is 1.64. The van der Waals surface area contributed by atoms with Crippen LogP contribution in [-0.2, 0) is 13.0 Å². The Bertz CT molecular complexity index is 715. The van der Waals surface area contributed by atoms with E-state index < -0.39 is 0 Å². The molecule has 1 atom stereocenters. The highest BCUT2D eigenvalue weighted by Crippen LogP contribution is 2.31. The zero-order chi connectivity index (χ0) is 17.6. The molecule has 0 radical (unpaired) electrons. The minimum Gasteiger partial charge on any atom is -0.497 e. The van der Waals surface area contributed by atoms with Gasteiger partial charge < -0.3 is 20.3 Å². The highest BCUT2D eigenvalue weighted by molar-refractivity contribution is 5.73. The molecule has 1 aliphatic rings. The van der Waals surface area contributed by atoms with Crippen LogP contribution in [0.5, 0.6) is 5.75 Å². The predicted octanol–water partition coefficient (Wildman–Crippen LogP) is 2.95. The first-order valence-corrected chi connectivity index (χ1v) is 8.66. The molecule has 2 aromatic rings. The summed E-state index contributed by atoms with van der Waals surface area (Å²) in [5.41, 5.74) is 3.72.